The normalized spacial score (nSPS) is 10.5. The molecule has 5 nitrogen and oxygen atoms in total. The van der Waals surface area contributed by atoms with E-state index in [-0.39, 0.29) is 5.56 Å². The third kappa shape index (κ3) is 1.01. The zero-order chi connectivity index (χ0) is 9.42. The molecule has 66 valence electrons. The lowest BCUT2D eigenvalue weighted by molar-refractivity contribution is 0.0695. The van der Waals surface area contributed by atoms with Gasteiger partial charge in [-0.25, -0.2) is 4.79 Å². The lowest BCUT2D eigenvalue weighted by Gasteiger charge is -1.93. The number of H-pyrrole nitrogens is 2. The van der Waals surface area contributed by atoms with E-state index in [2.05, 4.69) is 9.97 Å². The molecule has 0 fully saturated rings. The van der Waals surface area contributed by atoms with Gasteiger partial charge in [0, 0.05) is 18.6 Å². The Morgan fingerprint density at radius 1 is 1.31 bits per heavy atom. The monoisotopic (exact) mass is 178 g/mol. The number of pyridine rings is 1. The second-order valence-corrected chi connectivity index (χ2v) is 2.62. The van der Waals surface area contributed by atoms with Crippen LogP contribution in [0.15, 0.2) is 23.4 Å². The van der Waals surface area contributed by atoms with Crippen molar-refractivity contribution >= 4 is 16.9 Å². The van der Waals surface area contributed by atoms with Crippen molar-refractivity contribution < 1.29 is 9.90 Å². The maximum atomic E-state index is 11.4. The SMILES string of the molecule is O=C(O)c1c[nH]c2c[nH]cc2c1=O. The summed E-state index contributed by atoms with van der Waals surface area (Å²) in [5, 5.41) is 8.99. The maximum absolute atomic E-state index is 11.4. The van der Waals surface area contributed by atoms with Gasteiger partial charge in [-0.1, -0.05) is 0 Å². The van der Waals surface area contributed by atoms with Gasteiger partial charge in [-0.3, -0.25) is 4.79 Å². The van der Waals surface area contributed by atoms with Crippen molar-refractivity contribution in [1.82, 2.24) is 9.97 Å². The highest BCUT2D eigenvalue weighted by Crippen LogP contribution is 2.05. The van der Waals surface area contributed by atoms with E-state index in [0.29, 0.717) is 10.9 Å². The van der Waals surface area contributed by atoms with Crippen molar-refractivity contribution in [2.45, 2.75) is 0 Å². The van der Waals surface area contributed by atoms with Crippen molar-refractivity contribution in [2.24, 2.45) is 0 Å². The summed E-state index contributed by atoms with van der Waals surface area (Å²) in [5.41, 5.74) is -0.107. The molecule has 0 aliphatic heterocycles. The number of carboxylic acid groups (broad SMARTS) is 1. The average molecular weight is 178 g/mol. The van der Waals surface area contributed by atoms with Crippen molar-refractivity contribution in [3.63, 3.8) is 0 Å². The fourth-order valence-corrected chi connectivity index (χ4v) is 1.19. The molecule has 2 aromatic rings. The molecular formula is C8H6N2O3. The number of hydrogen-bond acceptors (Lipinski definition) is 2. The Balaban J connectivity index is 2.89. The molecule has 0 aliphatic carbocycles. The number of carboxylic acids is 1. The number of hydrogen-bond donors (Lipinski definition) is 3. The summed E-state index contributed by atoms with van der Waals surface area (Å²) in [7, 11) is 0. The van der Waals surface area contributed by atoms with E-state index in [0.717, 1.165) is 0 Å². The number of fused-ring (bicyclic) bond motifs is 1. The minimum absolute atomic E-state index is 0.243. The largest absolute Gasteiger partial charge is 0.477 e. The van der Waals surface area contributed by atoms with Crippen molar-refractivity contribution in [3.05, 3.63) is 34.4 Å². The molecule has 0 amide bonds. The molecular weight excluding hydrogens is 172 g/mol. The van der Waals surface area contributed by atoms with Crippen molar-refractivity contribution in [1.29, 1.82) is 0 Å². The Morgan fingerprint density at radius 2 is 2.08 bits per heavy atom. The van der Waals surface area contributed by atoms with Gasteiger partial charge in [-0.05, 0) is 0 Å². The number of carbonyl (C=O) groups is 1. The van der Waals surface area contributed by atoms with Crippen molar-refractivity contribution in [3.8, 4) is 0 Å². The smallest absolute Gasteiger partial charge is 0.341 e. The van der Waals surface area contributed by atoms with Crippen LogP contribution in [0.3, 0.4) is 0 Å². The summed E-state index contributed by atoms with van der Waals surface area (Å²) < 4.78 is 0. The third-order valence-corrected chi connectivity index (χ3v) is 1.84. The number of aromatic amines is 2. The molecule has 3 N–H and O–H groups in total. The highest BCUT2D eigenvalue weighted by molar-refractivity contribution is 5.91. The molecule has 0 saturated carbocycles. The fraction of sp³-hybridized carbons (Fsp3) is 0. The van der Waals surface area contributed by atoms with Crippen LogP contribution in [0.25, 0.3) is 10.9 Å². The zero-order valence-electron chi connectivity index (χ0n) is 6.50. The van der Waals surface area contributed by atoms with Crippen LogP contribution in [0.2, 0.25) is 0 Å². The van der Waals surface area contributed by atoms with Crippen LogP contribution in [0, 0.1) is 0 Å². The van der Waals surface area contributed by atoms with Gasteiger partial charge in [0.2, 0.25) is 5.43 Å². The molecule has 2 heterocycles. The molecule has 0 radical (unpaired) electrons. The highest BCUT2D eigenvalue weighted by Gasteiger charge is 2.10. The highest BCUT2D eigenvalue weighted by atomic mass is 16.4. The van der Waals surface area contributed by atoms with Crippen LogP contribution < -0.4 is 5.43 Å². The third-order valence-electron chi connectivity index (χ3n) is 1.84. The van der Waals surface area contributed by atoms with E-state index in [1.54, 1.807) is 6.20 Å². The van der Waals surface area contributed by atoms with E-state index in [1.807, 2.05) is 0 Å². The van der Waals surface area contributed by atoms with Crippen LogP contribution in [0.1, 0.15) is 10.4 Å². The molecule has 0 unspecified atom stereocenters. The Bertz CT molecular complexity index is 523. The molecule has 0 bridgehead atoms. The minimum Gasteiger partial charge on any atom is -0.477 e. The Labute approximate surface area is 72.0 Å². The van der Waals surface area contributed by atoms with E-state index >= 15 is 0 Å². The molecule has 2 aromatic heterocycles. The molecule has 0 saturated heterocycles. The van der Waals surface area contributed by atoms with Crippen LogP contribution in [-0.2, 0) is 0 Å². The molecule has 0 aliphatic rings. The average Bonchev–Trinajstić information content (AvgIpc) is 2.52. The van der Waals surface area contributed by atoms with Crippen LogP contribution in [0.4, 0.5) is 0 Å². The fourth-order valence-electron chi connectivity index (χ4n) is 1.19. The first-order valence-corrected chi connectivity index (χ1v) is 3.61. The first-order valence-electron chi connectivity index (χ1n) is 3.61. The predicted molar refractivity (Wildman–Crippen MR) is 45.9 cm³/mol. The second kappa shape index (κ2) is 2.48. The summed E-state index contributed by atoms with van der Waals surface area (Å²) in [5.74, 6) is -1.22. The van der Waals surface area contributed by atoms with Gasteiger partial charge in [0.25, 0.3) is 0 Å². The topological polar surface area (TPSA) is 85.9 Å². The standard InChI is InChI=1S/C8H6N2O3/c11-7-4-1-9-3-6(4)10-2-5(7)8(12)13/h1-3,9-10H,(H,12,13). The van der Waals surface area contributed by atoms with Gasteiger partial charge >= 0.3 is 5.97 Å². The number of nitrogens with one attached hydrogen (secondary N) is 2. The molecule has 5 heteroatoms. The Kier molecular flexibility index (Phi) is 1.45. The van der Waals surface area contributed by atoms with Crippen LogP contribution >= 0.6 is 0 Å². The van der Waals surface area contributed by atoms with Gasteiger partial charge in [-0.2, -0.15) is 0 Å². The van der Waals surface area contributed by atoms with Crippen LogP contribution in [0.5, 0.6) is 0 Å². The second-order valence-electron chi connectivity index (χ2n) is 2.62. The summed E-state index contributed by atoms with van der Waals surface area (Å²) in [4.78, 5) is 27.4. The van der Waals surface area contributed by atoms with Gasteiger partial charge in [0.15, 0.2) is 0 Å². The van der Waals surface area contributed by atoms with Gasteiger partial charge in [0.1, 0.15) is 5.56 Å². The molecule has 13 heavy (non-hydrogen) atoms. The van der Waals surface area contributed by atoms with Crippen LogP contribution in [-0.4, -0.2) is 21.0 Å². The number of aromatic nitrogens is 2. The molecule has 0 atom stereocenters. The summed E-state index contributed by atoms with van der Waals surface area (Å²) in [6.45, 7) is 0. The predicted octanol–water partition coefficient (Wildman–Crippen LogP) is 0.554. The summed E-state index contributed by atoms with van der Waals surface area (Å²) in [6.07, 6.45) is 4.27. The lowest BCUT2D eigenvalue weighted by Crippen LogP contribution is -2.14. The maximum Gasteiger partial charge on any atom is 0.341 e. The quantitative estimate of drug-likeness (QED) is 0.596. The van der Waals surface area contributed by atoms with Gasteiger partial charge < -0.3 is 15.1 Å². The first-order chi connectivity index (χ1) is 6.20. The molecule has 2 rings (SSSR count). The van der Waals surface area contributed by atoms with Gasteiger partial charge in [-0.15, -0.1) is 0 Å². The van der Waals surface area contributed by atoms with Gasteiger partial charge in [0.05, 0.1) is 10.9 Å². The lowest BCUT2D eigenvalue weighted by atomic mass is 10.2. The summed E-state index contributed by atoms with van der Waals surface area (Å²) in [6, 6.07) is 0. The zero-order valence-corrected chi connectivity index (χ0v) is 6.50. The van der Waals surface area contributed by atoms with E-state index in [1.165, 1.54) is 12.4 Å². The number of aromatic carboxylic acids is 1. The van der Waals surface area contributed by atoms with E-state index in [9.17, 15) is 9.59 Å². The van der Waals surface area contributed by atoms with Crippen molar-refractivity contribution in [2.75, 3.05) is 0 Å². The van der Waals surface area contributed by atoms with E-state index < -0.39 is 11.4 Å². The first kappa shape index (κ1) is 7.60. The Hall–Kier alpha value is -2.04. The number of rotatable bonds is 1. The van der Waals surface area contributed by atoms with E-state index in [4.69, 9.17) is 5.11 Å². The summed E-state index contributed by atoms with van der Waals surface area (Å²) >= 11 is 0. The minimum atomic E-state index is -1.22. The molecule has 0 spiro atoms. The molecule has 0 aromatic carbocycles. The Morgan fingerprint density at radius 3 is 2.77 bits per heavy atom.